The second-order valence-corrected chi connectivity index (χ2v) is 5.59. The minimum Gasteiger partial charge on any atom is -0.357 e. The molecule has 6 heteroatoms. The minimum absolute atomic E-state index is 0.212. The van der Waals surface area contributed by atoms with E-state index in [1.807, 2.05) is 0 Å². The van der Waals surface area contributed by atoms with Gasteiger partial charge in [-0.15, -0.1) is 0 Å². The van der Waals surface area contributed by atoms with E-state index in [1.54, 1.807) is 7.05 Å². The van der Waals surface area contributed by atoms with Crippen LogP contribution in [0.3, 0.4) is 0 Å². The van der Waals surface area contributed by atoms with E-state index in [0.29, 0.717) is 23.4 Å². The highest BCUT2D eigenvalue weighted by Gasteiger charge is 2.31. The second kappa shape index (κ2) is 4.64. The summed E-state index contributed by atoms with van der Waals surface area (Å²) in [6.07, 6.45) is 3.50. The van der Waals surface area contributed by atoms with E-state index in [-0.39, 0.29) is 5.28 Å². The fraction of sp³-hybridized carbons (Fsp3) is 0.727. The Kier molecular flexibility index (Phi) is 3.38. The van der Waals surface area contributed by atoms with Crippen LogP contribution in [0.25, 0.3) is 0 Å². The Labute approximate surface area is 106 Å². The van der Waals surface area contributed by atoms with Crippen LogP contribution in [0, 0.1) is 5.41 Å². The molecule has 1 aliphatic rings. The van der Waals surface area contributed by atoms with Crippen molar-refractivity contribution in [2.24, 2.45) is 5.41 Å². The van der Waals surface area contributed by atoms with Gasteiger partial charge in [-0.25, -0.2) is 0 Å². The molecule has 2 N–H and O–H groups in total. The quantitative estimate of drug-likeness (QED) is 0.869. The van der Waals surface area contributed by atoms with E-state index in [9.17, 15) is 0 Å². The molecule has 0 amide bonds. The molecule has 1 atom stereocenters. The summed E-state index contributed by atoms with van der Waals surface area (Å²) < 4.78 is 0. The summed E-state index contributed by atoms with van der Waals surface area (Å²) in [6, 6.07) is 0.424. The SMILES string of the molecule is CNc1nc(Cl)nc(NC2CCC(C)(C)C2)n1. The van der Waals surface area contributed by atoms with Crippen molar-refractivity contribution < 1.29 is 0 Å². The van der Waals surface area contributed by atoms with E-state index in [1.165, 1.54) is 6.42 Å². The van der Waals surface area contributed by atoms with Gasteiger partial charge in [0.15, 0.2) is 0 Å². The van der Waals surface area contributed by atoms with E-state index in [4.69, 9.17) is 11.6 Å². The van der Waals surface area contributed by atoms with Crippen LogP contribution in [-0.2, 0) is 0 Å². The number of nitrogens with one attached hydrogen (secondary N) is 2. The first-order valence-corrected chi connectivity index (χ1v) is 6.22. The minimum atomic E-state index is 0.212. The summed E-state index contributed by atoms with van der Waals surface area (Å²) in [7, 11) is 1.76. The largest absolute Gasteiger partial charge is 0.357 e. The van der Waals surface area contributed by atoms with Gasteiger partial charge in [0.25, 0.3) is 0 Å². The lowest BCUT2D eigenvalue weighted by Gasteiger charge is -2.17. The summed E-state index contributed by atoms with van der Waals surface area (Å²) in [5.41, 5.74) is 0.403. The van der Waals surface area contributed by atoms with Crippen molar-refractivity contribution in [3.63, 3.8) is 0 Å². The Morgan fingerprint density at radius 2 is 1.94 bits per heavy atom. The molecule has 0 spiro atoms. The van der Waals surface area contributed by atoms with Gasteiger partial charge in [-0.1, -0.05) is 13.8 Å². The van der Waals surface area contributed by atoms with Crippen molar-refractivity contribution in [1.29, 1.82) is 0 Å². The zero-order valence-corrected chi connectivity index (χ0v) is 11.2. The van der Waals surface area contributed by atoms with Crippen molar-refractivity contribution in [2.45, 2.75) is 39.2 Å². The molecule has 1 saturated carbocycles. The average molecular weight is 256 g/mol. The number of rotatable bonds is 3. The summed E-state index contributed by atoms with van der Waals surface area (Å²) in [5.74, 6) is 1.04. The van der Waals surface area contributed by atoms with Crippen molar-refractivity contribution in [2.75, 3.05) is 17.7 Å². The molecule has 1 aromatic rings. The predicted molar refractivity (Wildman–Crippen MR) is 69.4 cm³/mol. The molecule has 5 nitrogen and oxygen atoms in total. The molecule has 0 aliphatic heterocycles. The first-order chi connectivity index (χ1) is 7.98. The lowest BCUT2D eigenvalue weighted by Crippen LogP contribution is -2.19. The summed E-state index contributed by atoms with van der Waals surface area (Å²) >= 11 is 5.83. The zero-order chi connectivity index (χ0) is 12.5. The van der Waals surface area contributed by atoms with Crippen molar-refractivity contribution in [1.82, 2.24) is 15.0 Å². The van der Waals surface area contributed by atoms with Crippen LogP contribution in [0.15, 0.2) is 0 Å². The molecule has 1 fully saturated rings. The van der Waals surface area contributed by atoms with Crippen LogP contribution in [-0.4, -0.2) is 28.0 Å². The number of hydrogen-bond acceptors (Lipinski definition) is 5. The van der Waals surface area contributed by atoms with Crippen LogP contribution in [0.1, 0.15) is 33.1 Å². The third kappa shape index (κ3) is 3.19. The van der Waals surface area contributed by atoms with Gasteiger partial charge in [-0.2, -0.15) is 15.0 Å². The molecule has 1 aliphatic carbocycles. The molecule has 0 radical (unpaired) electrons. The third-order valence-corrected chi connectivity index (χ3v) is 3.30. The molecular formula is C11H18ClN5. The standard InChI is InChI=1S/C11H18ClN5/c1-11(2)5-4-7(6-11)14-10-16-8(12)15-9(13-3)17-10/h7H,4-6H2,1-3H3,(H2,13,14,15,16,17). The Bertz CT molecular complexity index is 407. The smallest absolute Gasteiger partial charge is 0.229 e. The van der Waals surface area contributed by atoms with Gasteiger partial charge in [0, 0.05) is 13.1 Å². The summed E-state index contributed by atoms with van der Waals surface area (Å²) in [4.78, 5) is 12.3. The molecule has 1 aromatic heterocycles. The number of anilines is 2. The number of halogens is 1. The maximum Gasteiger partial charge on any atom is 0.229 e. The Balaban J connectivity index is 2.06. The van der Waals surface area contributed by atoms with E-state index in [0.717, 1.165) is 12.8 Å². The molecule has 1 unspecified atom stereocenters. The average Bonchev–Trinajstić information content (AvgIpc) is 2.57. The maximum atomic E-state index is 5.83. The Morgan fingerprint density at radius 3 is 2.53 bits per heavy atom. The van der Waals surface area contributed by atoms with Gasteiger partial charge in [0.05, 0.1) is 0 Å². The Hall–Kier alpha value is -1.10. The fourth-order valence-corrected chi connectivity index (χ4v) is 2.43. The summed E-state index contributed by atoms with van der Waals surface area (Å²) in [6.45, 7) is 4.57. The highest BCUT2D eigenvalue weighted by Crippen LogP contribution is 2.37. The first kappa shape index (κ1) is 12.4. The molecule has 17 heavy (non-hydrogen) atoms. The third-order valence-electron chi connectivity index (χ3n) is 3.13. The van der Waals surface area contributed by atoms with Gasteiger partial charge in [0.1, 0.15) is 0 Å². The van der Waals surface area contributed by atoms with Crippen molar-refractivity contribution in [3.05, 3.63) is 5.28 Å². The number of aromatic nitrogens is 3. The monoisotopic (exact) mass is 255 g/mol. The molecule has 2 rings (SSSR count). The zero-order valence-electron chi connectivity index (χ0n) is 10.4. The van der Waals surface area contributed by atoms with Gasteiger partial charge >= 0.3 is 0 Å². The van der Waals surface area contributed by atoms with E-state index >= 15 is 0 Å². The van der Waals surface area contributed by atoms with Gasteiger partial charge in [0.2, 0.25) is 17.2 Å². The maximum absolute atomic E-state index is 5.83. The lowest BCUT2D eigenvalue weighted by molar-refractivity contribution is 0.378. The van der Waals surface area contributed by atoms with E-state index in [2.05, 4.69) is 39.4 Å². The van der Waals surface area contributed by atoms with Crippen molar-refractivity contribution in [3.8, 4) is 0 Å². The fourth-order valence-electron chi connectivity index (χ4n) is 2.27. The lowest BCUT2D eigenvalue weighted by atomic mass is 9.92. The number of nitrogens with zero attached hydrogens (tertiary/aromatic N) is 3. The normalized spacial score (nSPS) is 22.5. The highest BCUT2D eigenvalue weighted by molar-refractivity contribution is 6.28. The molecule has 0 bridgehead atoms. The van der Waals surface area contributed by atoms with Crippen LogP contribution >= 0.6 is 11.6 Å². The Morgan fingerprint density at radius 1 is 1.24 bits per heavy atom. The number of hydrogen-bond donors (Lipinski definition) is 2. The topological polar surface area (TPSA) is 62.7 Å². The van der Waals surface area contributed by atoms with Gasteiger partial charge in [-0.3, -0.25) is 0 Å². The van der Waals surface area contributed by atoms with Crippen LogP contribution in [0.5, 0.6) is 0 Å². The summed E-state index contributed by atoms with van der Waals surface area (Å²) in [5, 5.41) is 6.40. The van der Waals surface area contributed by atoms with Crippen LogP contribution in [0.2, 0.25) is 5.28 Å². The van der Waals surface area contributed by atoms with Gasteiger partial charge in [-0.05, 0) is 36.3 Å². The first-order valence-electron chi connectivity index (χ1n) is 5.84. The van der Waals surface area contributed by atoms with Crippen molar-refractivity contribution >= 4 is 23.5 Å². The van der Waals surface area contributed by atoms with Crippen LogP contribution < -0.4 is 10.6 Å². The molecule has 1 heterocycles. The molecular weight excluding hydrogens is 238 g/mol. The van der Waals surface area contributed by atoms with Gasteiger partial charge < -0.3 is 10.6 Å². The van der Waals surface area contributed by atoms with E-state index < -0.39 is 0 Å². The molecule has 0 saturated heterocycles. The molecule has 0 aromatic carbocycles. The van der Waals surface area contributed by atoms with Crippen LogP contribution in [0.4, 0.5) is 11.9 Å². The second-order valence-electron chi connectivity index (χ2n) is 5.25. The molecule has 94 valence electrons. The predicted octanol–water partition coefficient (Wildman–Crippen LogP) is 2.56. The highest BCUT2D eigenvalue weighted by atomic mass is 35.5.